The number of hydrogen-bond acceptors (Lipinski definition) is 3. The third-order valence-electron chi connectivity index (χ3n) is 3.12. The number of halogens is 2. The number of hydrogen-bond donors (Lipinski definition) is 1. The van der Waals surface area contributed by atoms with E-state index < -0.39 is 5.82 Å². The van der Waals surface area contributed by atoms with Crippen LogP contribution < -0.4 is 5.32 Å². The van der Waals surface area contributed by atoms with Crippen molar-refractivity contribution < 1.29 is 9.18 Å². The maximum atomic E-state index is 13.8. The molecule has 2 heterocycles. The minimum atomic E-state index is -0.521. The summed E-state index contributed by atoms with van der Waals surface area (Å²) in [6.45, 7) is 2.45. The third kappa shape index (κ3) is 2.80. The van der Waals surface area contributed by atoms with Crippen LogP contribution >= 0.6 is 11.6 Å². The van der Waals surface area contributed by atoms with Crippen molar-refractivity contribution in [2.45, 2.75) is 13.3 Å². The summed E-state index contributed by atoms with van der Waals surface area (Å²) in [4.78, 5) is 17.8. The van der Waals surface area contributed by atoms with Crippen molar-refractivity contribution in [3.63, 3.8) is 0 Å². The summed E-state index contributed by atoms with van der Waals surface area (Å²) in [6.07, 6.45) is 2.37. The van der Waals surface area contributed by atoms with E-state index in [2.05, 4.69) is 15.3 Å². The van der Waals surface area contributed by atoms with Crippen LogP contribution in [0, 0.1) is 12.7 Å². The molecule has 0 aromatic carbocycles. The average Bonchev–Trinajstić information content (AvgIpc) is 2.69. The minimum absolute atomic E-state index is 0.00410. The van der Waals surface area contributed by atoms with Crippen molar-refractivity contribution in [2.24, 2.45) is 7.05 Å². The Morgan fingerprint density at radius 2 is 2.30 bits per heavy atom. The zero-order chi connectivity index (χ0) is 14.7. The van der Waals surface area contributed by atoms with Crippen molar-refractivity contribution in [3.05, 3.63) is 34.6 Å². The largest absolute Gasteiger partial charge is 0.358 e. The molecule has 0 aliphatic carbocycles. The molecule has 0 spiro atoms. The molecule has 5 nitrogen and oxygen atoms in total. The van der Waals surface area contributed by atoms with Gasteiger partial charge in [0.2, 0.25) is 11.7 Å². The van der Waals surface area contributed by atoms with Gasteiger partial charge in [-0.15, -0.1) is 0 Å². The van der Waals surface area contributed by atoms with Gasteiger partial charge in [-0.05, 0) is 30.2 Å². The Kier molecular flexibility index (Phi) is 4.34. The van der Waals surface area contributed by atoms with Gasteiger partial charge in [0, 0.05) is 25.7 Å². The van der Waals surface area contributed by atoms with Gasteiger partial charge in [-0.1, -0.05) is 0 Å². The normalized spacial score (nSPS) is 10.6. The van der Waals surface area contributed by atoms with E-state index in [9.17, 15) is 9.18 Å². The lowest BCUT2D eigenvalue weighted by molar-refractivity contribution is -0.109. The fraction of sp³-hybridized carbons (Fsp3) is 0.308. The maximum Gasteiger partial charge on any atom is 0.223 e. The quantitative estimate of drug-likeness (QED) is 0.520. The van der Waals surface area contributed by atoms with Crippen molar-refractivity contribution in [1.82, 2.24) is 19.9 Å². The zero-order valence-electron chi connectivity index (χ0n) is 11.2. The van der Waals surface area contributed by atoms with Crippen molar-refractivity contribution in [3.8, 4) is 11.4 Å². The molecule has 0 fully saturated rings. The van der Waals surface area contributed by atoms with Crippen LogP contribution in [0.3, 0.4) is 0 Å². The van der Waals surface area contributed by atoms with E-state index in [0.29, 0.717) is 25.1 Å². The summed E-state index contributed by atoms with van der Waals surface area (Å²) < 4.78 is 15.7. The SMILES string of the molecule is Cc1cc(-c2nc(Cl)ncc2F)n(C)c1CCNC=O. The van der Waals surface area contributed by atoms with Gasteiger partial charge in [0.25, 0.3) is 0 Å². The van der Waals surface area contributed by atoms with Gasteiger partial charge in [0.1, 0.15) is 5.69 Å². The molecular weight excluding hydrogens is 283 g/mol. The first kappa shape index (κ1) is 14.5. The summed E-state index contributed by atoms with van der Waals surface area (Å²) in [5.74, 6) is -0.521. The molecule has 1 amide bonds. The third-order valence-corrected chi connectivity index (χ3v) is 3.30. The van der Waals surface area contributed by atoms with E-state index >= 15 is 0 Å². The number of carbonyl (C=O) groups excluding carboxylic acids is 1. The van der Waals surface area contributed by atoms with Crippen LogP contribution in [0.4, 0.5) is 4.39 Å². The van der Waals surface area contributed by atoms with Crippen LogP contribution in [-0.4, -0.2) is 27.5 Å². The summed E-state index contributed by atoms with van der Waals surface area (Å²) >= 11 is 5.72. The van der Waals surface area contributed by atoms with Gasteiger partial charge in [0.15, 0.2) is 5.82 Å². The smallest absolute Gasteiger partial charge is 0.223 e. The summed E-state index contributed by atoms with van der Waals surface area (Å²) in [6, 6.07) is 1.85. The molecule has 20 heavy (non-hydrogen) atoms. The molecular formula is C13H14ClFN4O. The molecule has 7 heteroatoms. The lowest BCUT2D eigenvalue weighted by atomic mass is 10.2. The predicted octanol–water partition coefficient (Wildman–Crippen LogP) is 1.87. The molecule has 0 unspecified atom stereocenters. The van der Waals surface area contributed by atoms with Crippen LogP contribution in [0.25, 0.3) is 11.4 Å². The van der Waals surface area contributed by atoms with E-state index in [1.54, 1.807) is 0 Å². The number of rotatable bonds is 5. The average molecular weight is 297 g/mol. The molecule has 0 bridgehead atoms. The van der Waals surface area contributed by atoms with Crippen LogP contribution in [0.2, 0.25) is 5.28 Å². The number of amides is 1. The van der Waals surface area contributed by atoms with Gasteiger partial charge in [-0.3, -0.25) is 4.79 Å². The highest BCUT2D eigenvalue weighted by Gasteiger charge is 2.16. The van der Waals surface area contributed by atoms with Crippen LogP contribution in [0.5, 0.6) is 0 Å². The molecule has 0 saturated carbocycles. The summed E-state index contributed by atoms with van der Waals surface area (Å²) in [7, 11) is 1.83. The van der Waals surface area contributed by atoms with Gasteiger partial charge < -0.3 is 9.88 Å². The Labute approximate surface area is 120 Å². The summed E-state index contributed by atoms with van der Waals surface area (Å²) in [5, 5.41) is 2.61. The zero-order valence-corrected chi connectivity index (χ0v) is 11.9. The van der Waals surface area contributed by atoms with Gasteiger partial charge >= 0.3 is 0 Å². The number of nitrogens with zero attached hydrogens (tertiary/aromatic N) is 3. The molecule has 0 aliphatic rings. The molecule has 0 radical (unpaired) electrons. The van der Waals surface area contributed by atoms with Crippen LogP contribution in [0.1, 0.15) is 11.3 Å². The molecule has 2 aromatic heterocycles. The highest BCUT2D eigenvalue weighted by Crippen LogP contribution is 2.26. The van der Waals surface area contributed by atoms with Crippen molar-refractivity contribution in [1.29, 1.82) is 0 Å². The van der Waals surface area contributed by atoms with Gasteiger partial charge in [0.05, 0.1) is 11.9 Å². The summed E-state index contributed by atoms with van der Waals surface area (Å²) in [5.41, 5.74) is 2.81. The molecule has 106 valence electrons. The number of carbonyl (C=O) groups is 1. The second-order valence-electron chi connectivity index (χ2n) is 4.38. The molecule has 0 aliphatic heterocycles. The molecule has 2 rings (SSSR count). The van der Waals surface area contributed by atoms with Crippen molar-refractivity contribution in [2.75, 3.05) is 6.54 Å². The molecule has 0 saturated heterocycles. The predicted molar refractivity (Wildman–Crippen MR) is 73.9 cm³/mol. The van der Waals surface area contributed by atoms with E-state index in [1.165, 1.54) is 0 Å². The van der Waals surface area contributed by atoms with E-state index in [0.717, 1.165) is 17.5 Å². The monoisotopic (exact) mass is 296 g/mol. The van der Waals surface area contributed by atoms with E-state index in [4.69, 9.17) is 11.6 Å². The van der Waals surface area contributed by atoms with E-state index in [1.807, 2.05) is 24.6 Å². The van der Waals surface area contributed by atoms with Crippen LogP contribution in [0.15, 0.2) is 12.3 Å². The lowest BCUT2D eigenvalue weighted by Gasteiger charge is -2.08. The highest BCUT2D eigenvalue weighted by molar-refractivity contribution is 6.28. The fourth-order valence-corrected chi connectivity index (χ4v) is 2.30. The van der Waals surface area contributed by atoms with E-state index in [-0.39, 0.29) is 11.0 Å². The number of aryl methyl sites for hydroxylation is 1. The topological polar surface area (TPSA) is 59.8 Å². The second-order valence-corrected chi connectivity index (χ2v) is 4.71. The standard InChI is InChI=1S/C13H14ClFN4O/c1-8-5-11(12-9(15)6-17-13(14)18-12)19(2)10(8)3-4-16-7-20/h5-7H,3-4H2,1-2H3,(H,16,20). The molecule has 1 N–H and O–H groups in total. The highest BCUT2D eigenvalue weighted by atomic mass is 35.5. The second kappa shape index (κ2) is 6.00. The lowest BCUT2D eigenvalue weighted by Crippen LogP contribution is -2.16. The Balaban J connectivity index is 2.40. The minimum Gasteiger partial charge on any atom is -0.358 e. The number of aromatic nitrogens is 3. The van der Waals surface area contributed by atoms with Gasteiger partial charge in [-0.25, -0.2) is 14.4 Å². The van der Waals surface area contributed by atoms with Crippen LogP contribution in [-0.2, 0) is 18.3 Å². The Morgan fingerprint density at radius 3 is 3.00 bits per heavy atom. The first-order valence-corrected chi connectivity index (χ1v) is 6.43. The Morgan fingerprint density at radius 1 is 1.55 bits per heavy atom. The Bertz CT molecular complexity index is 642. The number of nitrogens with one attached hydrogen (secondary N) is 1. The molecule has 2 aromatic rings. The first-order valence-electron chi connectivity index (χ1n) is 6.05. The van der Waals surface area contributed by atoms with Crippen molar-refractivity contribution >= 4 is 18.0 Å². The van der Waals surface area contributed by atoms with Gasteiger partial charge in [-0.2, -0.15) is 0 Å². The fourth-order valence-electron chi connectivity index (χ4n) is 2.16. The molecule has 0 atom stereocenters. The Hall–Kier alpha value is -1.95. The first-order chi connectivity index (χ1) is 9.54. The maximum absolute atomic E-state index is 13.8.